The second-order valence-electron chi connectivity index (χ2n) is 4.84. The first-order chi connectivity index (χ1) is 11.4. The van der Waals surface area contributed by atoms with Crippen molar-refractivity contribution in [2.24, 2.45) is 0 Å². The number of aromatic nitrogens is 1. The fourth-order valence-electron chi connectivity index (χ4n) is 2.29. The lowest BCUT2D eigenvalue weighted by atomic mass is 10.1. The molecule has 9 heteroatoms. The average molecular weight is 350 g/mol. The van der Waals surface area contributed by atoms with E-state index in [9.17, 15) is 24.7 Å². The van der Waals surface area contributed by atoms with E-state index in [0.29, 0.717) is 0 Å². The summed E-state index contributed by atoms with van der Waals surface area (Å²) in [5.74, 6) is -1.83. The molecule has 3 aromatic rings. The molecule has 0 bridgehead atoms. The number of hydrogen-bond acceptors (Lipinski definition) is 6. The van der Waals surface area contributed by atoms with Crippen LogP contribution >= 0.6 is 11.6 Å². The number of aromatic hydroxyl groups is 2. The molecule has 0 aliphatic carbocycles. The summed E-state index contributed by atoms with van der Waals surface area (Å²) in [6.07, 6.45) is 0. The third-order valence-electron chi connectivity index (χ3n) is 3.32. The van der Waals surface area contributed by atoms with Crippen LogP contribution in [0.1, 0.15) is 0 Å². The minimum Gasteiger partial charge on any atom is -0.507 e. The van der Waals surface area contributed by atoms with Crippen LogP contribution in [0.4, 0.5) is 21.5 Å². The summed E-state index contributed by atoms with van der Waals surface area (Å²) >= 11 is 5.61. The molecule has 0 amide bonds. The first kappa shape index (κ1) is 15.8. The molecule has 0 radical (unpaired) electrons. The Kier molecular flexibility index (Phi) is 3.82. The lowest BCUT2D eigenvalue weighted by Crippen LogP contribution is -2.01. The van der Waals surface area contributed by atoms with Crippen molar-refractivity contribution >= 4 is 39.6 Å². The smallest absolute Gasteiger partial charge is 0.354 e. The zero-order chi connectivity index (χ0) is 17.4. The van der Waals surface area contributed by atoms with E-state index >= 15 is 0 Å². The van der Waals surface area contributed by atoms with Gasteiger partial charge in [0.1, 0.15) is 17.3 Å². The zero-order valence-electron chi connectivity index (χ0n) is 11.8. The highest BCUT2D eigenvalue weighted by Gasteiger charge is 2.26. The number of rotatable bonds is 3. The molecular weight excluding hydrogens is 341 g/mol. The molecule has 0 aliphatic heterocycles. The Morgan fingerprint density at radius 1 is 1.25 bits per heavy atom. The number of benzene rings is 2. The Balaban J connectivity index is 2.29. The number of fused-ring (bicyclic) bond motifs is 1. The third-order valence-corrected chi connectivity index (χ3v) is 3.62. The molecule has 0 fully saturated rings. The fourth-order valence-corrected chi connectivity index (χ4v) is 2.41. The Labute approximate surface area is 139 Å². The van der Waals surface area contributed by atoms with E-state index < -0.39 is 22.3 Å². The van der Waals surface area contributed by atoms with Gasteiger partial charge in [-0.15, -0.1) is 0 Å². The quantitative estimate of drug-likeness (QED) is 0.485. The topological polar surface area (TPSA) is 109 Å². The van der Waals surface area contributed by atoms with E-state index in [1.807, 2.05) is 0 Å². The zero-order valence-corrected chi connectivity index (χ0v) is 12.6. The van der Waals surface area contributed by atoms with Crippen LogP contribution in [0.25, 0.3) is 10.9 Å². The average Bonchev–Trinajstić information content (AvgIpc) is 2.50. The molecule has 1 aromatic heterocycles. The minimum absolute atomic E-state index is 0.0253. The number of phenolic OH excluding ortho intramolecular Hbond substituents is 1. The predicted octanol–water partition coefficient (Wildman–Crippen LogP) is 4.09. The number of nitrogens with zero attached hydrogens (tertiary/aromatic N) is 2. The van der Waals surface area contributed by atoms with Gasteiger partial charge < -0.3 is 15.5 Å². The molecule has 0 unspecified atom stereocenters. The summed E-state index contributed by atoms with van der Waals surface area (Å²) in [4.78, 5) is 14.2. The summed E-state index contributed by atoms with van der Waals surface area (Å²) in [6, 6.07) is 7.97. The summed E-state index contributed by atoms with van der Waals surface area (Å²) in [5, 5.41) is 33.8. The number of nitro groups is 1. The lowest BCUT2D eigenvalue weighted by Gasteiger charge is -2.12. The molecule has 0 aliphatic rings. The van der Waals surface area contributed by atoms with Crippen LogP contribution in [-0.2, 0) is 0 Å². The summed E-state index contributed by atoms with van der Waals surface area (Å²) < 4.78 is 13.6. The Bertz CT molecular complexity index is 981. The first-order valence-electron chi connectivity index (χ1n) is 6.59. The maximum absolute atomic E-state index is 13.6. The monoisotopic (exact) mass is 349 g/mol. The summed E-state index contributed by atoms with van der Waals surface area (Å²) in [5.41, 5.74) is -0.660. The number of phenols is 1. The molecular formula is C15H9ClFN3O4. The molecule has 3 N–H and O–H groups in total. The molecule has 1 heterocycles. The number of nitrogens with one attached hydrogen (secondary N) is 1. The number of hydrogen-bond donors (Lipinski definition) is 3. The molecule has 0 spiro atoms. The van der Waals surface area contributed by atoms with Crippen LogP contribution in [-0.4, -0.2) is 20.1 Å². The van der Waals surface area contributed by atoms with Crippen molar-refractivity contribution in [3.05, 3.63) is 57.4 Å². The largest absolute Gasteiger partial charge is 0.507 e. The Hall–Kier alpha value is -3.13. The molecule has 3 rings (SSSR count). The van der Waals surface area contributed by atoms with E-state index in [-0.39, 0.29) is 33.0 Å². The highest BCUT2D eigenvalue weighted by molar-refractivity contribution is 6.30. The molecule has 122 valence electrons. The van der Waals surface area contributed by atoms with Crippen molar-refractivity contribution in [2.45, 2.75) is 0 Å². The van der Waals surface area contributed by atoms with Gasteiger partial charge in [0.05, 0.1) is 20.8 Å². The highest BCUT2D eigenvalue weighted by atomic mass is 35.5. The van der Waals surface area contributed by atoms with Crippen LogP contribution in [0.3, 0.4) is 0 Å². The van der Waals surface area contributed by atoms with Gasteiger partial charge in [-0.2, -0.15) is 0 Å². The van der Waals surface area contributed by atoms with E-state index in [1.165, 1.54) is 30.3 Å². The second-order valence-corrected chi connectivity index (χ2v) is 5.25. The molecule has 0 saturated heterocycles. The maximum atomic E-state index is 13.6. The Morgan fingerprint density at radius 2 is 2.00 bits per heavy atom. The van der Waals surface area contributed by atoms with Gasteiger partial charge in [0.25, 0.3) is 5.88 Å². The van der Waals surface area contributed by atoms with Crippen molar-refractivity contribution < 1.29 is 19.5 Å². The highest BCUT2D eigenvalue weighted by Crippen LogP contribution is 2.43. The SMILES string of the molecule is O=[N+]([O-])c1c(O)nc2cccc(O)c2c1Nc1ccc(Cl)c(F)c1. The lowest BCUT2D eigenvalue weighted by molar-refractivity contribution is -0.385. The van der Waals surface area contributed by atoms with Gasteiger partial charge in [0.15, 0.2) is 0 Å². The van der Waals surface area contributed by atoms with E-state index in [4.69, 9.17) is 11.6 Å². The van der Waals surface area contributed by atoms with Gasteiger partial charge in [-0.1, -0.05) is 17.7 Å². The van der Waals surface area contributed by atoms with E-state index in [0.717, 1.165) is 6.07 Å². The standard InChI is InChI=1S/C15H9ClFN3O4/c16-8-5-4-7(6-9(8)17)18-13-12-10(2-1-3-11(12)21)19-15(22)14(13)20(23)24/h1-6,21H,(H2,18,19,22). The van der Waals surface area contributed by atoms with Crippen molar-refractivity contribution in [3.8, 4) is 11.6 Å². The fraction of sp³-hybridized carbons (Fsp3) is 0. The van der Waals surface area contributed by atoms with Gasteiger partial charge in [0.2, 0.25) is 0 Å². The first-order valence-corrected chi connectivity index (χ1v) is 6.97. The summed E-state index contributed by atoms with van der Waals surface area (Å²) in [7, 11) is 0. The number of pyridine rings is 1. The second kappa shape index (κ2) is 5.82. The van der Waals surface area contributed by atoms with E-state index in [2.05, 4.69) is 10.3 Å². The maximum Gasteiger partial charge on any atom is 0.354 e. The van der Waals surface area contributed by atoms with Gasteiger partial charge >= 0.3 is 5.69 Å². The van der Waals surface area contributed by atoms with Gasteiger partial charge in [-0.05, 0) is 30.3 Å². The van der Waals surface area contributed by atoms with Gasteiger partial charge in [-0.3, -0.25) is 10.1 Å². The molecule has 0 atom stereocenters. The third kappa shape index (κ3) is 2.63. The molecule has 24 heavy (non-hydrogen) atoms. The van der Waals surface area contributed by atoms with Crippen molar-refractivity contribution in [1.82, 2.24) is 4.98 Å². The molecule has 0 saturated carbocycles. The van der Waals surface area contributed by atoms with Crippen LogP contribution in [0.15, 0.2) is 36.4 Å². The van der Waals surface area contributed by atoms with Crippen molar-refractivity contribution in [1.29, 1.82) is 0 Å². The number of anilines is 2. The minimum atomic E-state index is -0.844. The van der Waals surface area contributed by atoms with Crippen LogP contribution in [0, 0.1) is 15.9 Å². The molecule has 7 nitrogen and oxygen atoms in total. The molecule has 2 aromatic carbocycles. The summed E-state index contributed by atoms with van der Waals surface area (Å²) in [6.45, 7) is 0. The van der Waals surface area contributed by atoms with Gasteiger partial charge in [-0.25, -0.2) is 9.37 Å². The van der Waals surface area contributed by atoms with Crippen molar-refractivity contribution in [2.75, 3.05) is 5.32 Å². The normalized spacial score (nSPS) is 10.8. The number of halogens is 2. The van der Waals surface area contributed by atoms with Gasteiger partial charge in [0, 0.05) is 5.69 Å². The van der Waals surface area contributed by atoms with Crippen LogP contribution in [0.5, 0.6) is 11.6 Å². The van der Waals surface area contributed by atoms with Crippen LogP contribution in [0.2, 0.25) is 5.02 Å². The predicted molar refractivity (Wildman–Crippen MR) is 86.4 cm³/mol. The Morgan fingerprint density at radius 3 is 2.67 bits per heavy atom. The van der Waals surface area contributed by atoms with Crippen molar-refractivity contribution in [3.63, 3.8) is 0 Å². The van der Waals surface area contributed by atoms with Crippen LogP contribution < -0.4 is 5.32 Å². The van der Waals surface area contributed by atoms with E-state index in [1.54, 1.807) is 0 Å².